The number of rotatable bonds is 10. The second kappa shape index (κ2) is 10.0. The lowest BCUT2D eigenvalue weighted by molar-refractivity contribution is -0.905. The molecule has 0 fully saturated rings. The Bertz CT molecular complexity index is 1090. The van der Waals surface area contributed by atoms with E-state index in [1.54, 1.807) is 6.20 Å². The first kappa shape index (κ1) is 22.8. The molecule has 4 rings (SSSR count). The molecule has 1 aromatic heterocycles. The van der Waals surface area contributed by atoms with Crippen molar-refractivity contribution in [2.45, 2.75) is 18.6 Å². The van der Waals surface area contributed by atoms with E-state index < -0.39 is 5.60 Å². The molecule has 0 atom stereocenters. The predicted octanol–water partition coefficient (Wildman–Crippen LogP) is 5.00. The molecule has 0 unspecified atom stereocenters. The van der Waals surface area contributed by atoms with Gasteiger partial charge in [-0.25, -0.2) is 4.98 Å². The Morgan fingerprint density at radius 1 is 0.848 bits per heavy atom. The number of aliphatic hydroxyl groups is 1. The van der Waals surface area contributed by atoms with Crippen LogP contribution in [0.25, 0.3) is 0 Å². The van der Waals surface area contributed by atoms with Crippen molar-refractivity contribution in [1.29, 1.82) is 0 Å². The zero-order chi connectivity index (χ0) is 23.2. The molecule has 1 N–H and O–H groups in total. The van der Waals surface area contributed by atoms with Gasteiger partial charge < -0.3 is 18.7 Å². The second-order valence-electron chi connectivity index (χ2n) is 8.89. The normalized spacial score (nSPS) is 12.0. The standard InChI is InChI=1S/C28H31N2O3/c1-30(2,19-12-20-32-25-17-10-5-11-18-25)22-27-29-21-26(33-27)28(31,23-13-6-3-7-14-23)24-15-8-4-9-16-24/h3-11,13-18,21,31H,12,19-20,22H2,1-2H3/q+1. The summed E-state index contributed by atoms with van der Waals surface area (Å²) in [4.78, 5) is 4.52. The summed E-state index contributed by atoms with van der Waals surface area (Å²) in [5, 5.41) is 11.9. The first-order valence-electron chi connectivity index (χ1n) is 11.3. The number of hydrogen-bond donors (Lipinski definition) is 1. The third-order valence-electron chi connectivity index (χ3n) is 5.78. The molecule has 0 radical (unpaired) electrons. The first-order chi connectivity index (χ1) is 16.0. The summed E-state index contributed by atoms with van der Waals surface area (Å²) in [6.45, 7) is 2.18. The molecule has 0 aliphatic heterocycles. The summed E-state index contributed by atoms with van der Waals surface area (Å²) in [5.74, 6) is 1.91. The highest BCUT2D eigenvalue weighted by molar-refractivity contribution is 5.42. The number of benzene rings is 3. The van der Waals surface area contributed by atoms with E-state index in [-0.39, 0.29) is 0 Å². The van der Waals surface area contributed by atoms with Gasteiger partial charge in [0.15, 0.2) is 17.9 Å². The minimum Gasteiger partial charge on any atom is -0.493 e. The van der Waals surface area contributed by atoms with Gasteiger partial charge in [0.25, 0.3) is 5.89 Å². The van der Waals surface area contributed by atoms with Gasteiger partial charge in [-0.2, -0.15) is 0 Å². The number of para-hydroxylation sites is 1. The van der Waals surface area contributed by atoms with E-state index >= 15 is 0 Å². The maximum absolute atomic E-state index is 11.9. The van der Waals surface area contributed by atoms with E-state index in [0.29, 0.717) is 29.3 Å². The molecule has 0 aliphatic rings. The highest BCUT2D eigenvalue weighted by Gasteiger charge is 2.38. The smallest absolute Gasteiger partial charge is 0.250 e. The molecule has 0 saturated heterocycles. The second-order valence-corrected chi connectivity index (χ2v) is 8.89. The molecule has 1 heterocycles. The lowest BCUT2D eigenvalue weighted by Gasteiger charge is -2.29. The van der Waals surface area contributed by atoms with Gasteiger partial charge >= 0.3 is 0 Å². The molecule has 0 aliphatic carbocycles. The van der Waals surface area contributed by atoms with Crippen molar-refractivity contribution >= 4 is 0 Å². The van der Waals surface area contributed by atoms with Crippen LogP contribution in [0.3, 0.4) is 0 Å². The number of ether oxygens (including phenoxy) is 1. The van der Waals surface area contributed by atoms with Crippen LogP contribution in [0.5, 0.6) is 5.75 Å². The minimum absolute atomic E-state index is 0.419. The fourth-order valence-corrected chi connectivity index (χ4v) is 4.01. The van der Waals surface area contributed by atoms with Crippen LogP contribution in [0, 0.1) is 0 Å². The number of hydrogen-bond acceptors (Lipinski definition) is 4. The van der Waals surface area contributed by atoms with Gasteiger partial charge in [-0.15, -0.1) is 0 Å². The van der Waals surface area contributed by atoms with E-state index in [0.717, 1.165) is 29.8 Å². The molecule has 0 spiro atoms. The molecular formula is C28H31N2O3+. The molecular weight excluding hydrogens is 412 g/mol. The number of nitrogens with zero attached hydrogens (tertiary/aromatic N) is 2. The molecule has 5 heteroatoms. The van der Waals surface area contributed by atoms with Crippen LogP contribution in [0.15, 0.2) is 102 Å². The van der Waals surface area contributed by atoms with Crippen LogP contribution in [0.1, 0.15) is 29.2 Å². The summed E-state index contributed by atoms with van der Waals surface area (Å²) in [7, 11) is 4.29. The lowest BCUT2D eigenvalue weighted by Crippen LogP contribution is -2.40. The molecule has 0 bridgehead atoms. The van der Waals surface area contributed by atoms with Crippen LogP contribution in [0.2, 0.25) is 0 Å². The molecule has 33 heavy (non-hydrogen) atoms. The van der Waals surface area contributed by atoms with E-state index in [9.17, 15) is 5.11 Å². The Morgan fingerprint density at radius 3 is 1.97 bits per heavy atom. The number of quaternary nitrogens is 1. The van der Waals surface area contributed by atoms with Gasteiger partial charge in [0.2, 0.25) is 0 Å². The molecule has 170 valence electrons. The molecule has 4 aromatic rings. The summed E-state index contributed by atoms with van der Waals surface area (Å²) in [5.41, 5.74) is 0.0745. The van der Waals surface area contributed by atoms with E-state index in [1.165, 1.54) is 0 Å². The topological polar surface area (TPSA) is 55.5 Å². The third-order valence-corrected chi connectivity index (χ3v) is 5.78. The van der Waals surface area contributed by atoms with Gasteiger partial charge in [0, 0.05) is 6.42 Å². The Balaban J connectivity index is 1.46. The molecule has 3 aromatic carbocycles. The van der Waals surface area contributed by atoms with Gasteiger partial charge in [-0.05, 0) is 23.3 Å². The molecule has 5 nitrogen and oxygen atoms in total. The van der Waals surface area contributed by atoms with Crippen LogP contribution in [-0.4, -0.2) is 41.8 Å². The van der Waals surface area contributed by atoms with E-state index in [1.807, 2.05) is 91.0 Å². The largest absolute Gasteiger partial charge is 0.493 e. The average molecular weight is 444 g/mol. The summed E-state index contributed by atoms with van der Waals surface area (Å²) in [6.07, 6.45) is 2.56. The van der Waals surface area contributed by atoms with Crippen LogP contribution in [-0.2, 0) is 12.1 Å². The zero-order valence-electron chi connectivity index (χ0n) is 19.2. The lowest BCUT2D eigenvalue weighted by atomic mass is 9.84. The van der Waals surface area contributed by atoms with Crippen molar-refractivity contribution in [3.05, 3.63) is 120 Å². The van der Waals surface area contributed by atoms with Crippen LogP contribution in [0.4, 0.5) is 0 Å². The SMILES string of the molecule is C[N+](C)(CCCOc1ccccc1)Cc1ncc(C(O)(c2ccccc2)c2ccccc2)o1. The maximum atomic E-state index is 11.9. The van der Waals surface area contributed by atoms with Crippen molar-refractivity contribution in [2.24, 2.45) is 0 Å². The number of oxazole rings is 1. The monoisotopic (exact) mass is 443 g/mol. The minimum atomic E-state index is -1.41. The van der Waals surface area contributed by atoms with Gasteiger partial charge in [-0.3, -0.25) is 0 Å². The van der Waals surface area contributed by atoms with Crippen molar-refractivity contribution in [2.75, 3.05) is 27.2 Å². The zero-order valence-corrected chi connectivity index (χ0v) is 19.2. The average Bonchev–Trinajstić information content (AvgIpc) is 3.31. The summed E-state index contributed by atoms with van der Waals surface area (Å²) in [6, 6.07) is 29.0. The summed E-state index contributed by atoms with van der Waals surface area (Å²) < 4.78 is 12.7. The third kappa shape index (κ3) is 5.51. The van der Waals surface area contributed by atoms with Crippen molar-refractivity contribution in [3.63, 3.8) is 0 Å². The molecule has 0 amide bonds. The Kier molecular flexibility index (Phi) is 6.92. The van der Waals surface area contributed by atoms with E-state index in [2.05, 4.69) is 19.1 Å². The molecule has 0 saturated carbocycles. The highest BCUT2D eigenvalue weighted by Crippen LogP contribution is 2.37. The Hall–Kier alpha value is -3.41. The van der Waals surface area contributed by atoms with Crippen LogP contribution < -0.4 is 4.74 Å². The first-order valence-corrected chi connectivity index (χ1v) is 11.3. The maximum Gasteiger partial charge on any atom is 0.250 e. The van der Waals surface area contributed by atoms with Gasteiger partial charge in [-0.1, -0.05) is 78.9 Å². The van der Waals surface area contributed by atoms with Crippen molar-refractivity contribution in [3.8, 4) is 5.75 Å². The Morgan fingerprint density at radius 2 is 1.39 bits per heavy atom. The summed E-state index contributed by atoms with van der Waals surface area (Å²) >= 11 is 0. The van der Waals surface area contributed by atoms with Gasteiger partial charge in [0.1, 0.15) is 5.75 Å². The number of aromatic nitrogens is 1. The predicted molar refractivity (Wildman–Crippen MR) is 129 cm³/mol. The Labute approximate surface area is 195 Å². The quantitative estimate of drug-likeness (QED) is 0.277. The fraction of sp³-hybridized carbons (Fsp3) is 0.250. The fourth-order valence-electron chi connectivity index (χ4n) is 4.01. The van der Waals surface area contributed by atoms with Crippen LogP contribution >= 0.6 is 0 Å². The van der Waals surface area contributed by atoms with Crippen molar-refractivity contribution < 1.29 is 18.7 Å². The van der Waals surface area contributed by atoms with Crippen molar-refractivity contribution in [1.82, 2.24) is 4.98 Å². The van der Waals surface area contributed by atoms with E-state index in [4.69, 9.17) is 9.15 Å². The van der Waals surface area contributed by atoms with Gasteiger partial charge in [0.05, 0.1) is 33.4 Å². The highest BCUT2D eigenvalue weighted by atomic mass is 16.5.